The first-order chi connectivity index (χ1) is 5.36. The summed E-state index contributed by atoms with van der Waals surface area (Å²) in [5.74, 6) is 2.75. The van der Waals surface area contributed by atoms with E-state index in [9.17, 15) is 0 Å². The Balaban J connectivity index is 2.14. The van der Waals surface area contributed by atoms with Crippen LogP contribution in [0.3, 0.4) is 0 Å². The molecule has 0 spiro atoms. The van der Waals surface area contributed by atoms with Crippen molar-refractivity contribution in [3.63, 3.8) is 0 Å². The van der Waals surface area contributed by atoms with Gasteiger partial charge in [-0.05, 0) is 24.7 Å². The maximum Gasteiger partial charge on any atom is 0.0251 e. The largest absolute Gasteiger partial charge is 0.126 e. The molecule has 0 radical (unpaired) electrons. The Labute approximate surface area is 75.3 Å². The molecular weight excluding hydrogens is 156 g/mol. The van der Waals surface area contributed by atoms with Crippen LogP contribution in [-0.4, -0.2) is 5.88 Å². The maximum atomic E-state index is 5.81. The van der Waals surface area contributed by atoms with Crippen LogP contribution in [-0.2, 0) is 0 Å². The van der Waals surface area contributed by atoms with E-state index in [4.69, 9.17) is 11.6 Å². The lowest BCUT2D eigenvalue weighted by Gasteiger charge is -2.26. The van der Waals surface area contributed by atoms with Gasteiger partial charge in [-0.1, -0.05) is 32.6 Å². The minimum absolute atomic E-state index is 0.838. The lowest BCUT2D eigenvalue weighted by molar-refractivity contribution is 0.278. The number of hydrogen-bond donors (Lipinski definition) is 0. The van der Waals surface area contributed by atoms with Gasteiger partial charge in [0, 0.05) is 5.88 Å². The summed E-state index contributed by atoms with van der Waals surface area (Å²) in [6, 6.07) is 0. The van der Waals surface area contributed by atoms with Crippen LogP contribution in [0, 0.1) is 11.8 Å². The zero-order chi connectivity index (χ0) is 8.10. The van der Waals surface area contributed by atoms with E-state index in [2.05, 4.69) is 6.92 Å². The molecule has 0 N–H and O–H groups in total. The van der Waals surface area contributed by atoms with Gasteiger partial charge in [-0.2, -0.15) is 0 Å². The molecule has 11 heavy (non-hydrogen) atoms. The lowest BCUT2D eigenvalue weighted by Crippen LogP contribution is -2.15. The van der Waals surface area contributed by atoms with Crippen molar-refractivity contribution < 1.29 is 0 Å². The zero-order valence-corrected chi connectivity index (χ0v) is 8.24. The monoisotopic (exact) mass is 174 g/mol. The van der Waals surface area contributed by atoms with E-state index < -0.39 is 0 Å². The Morgan fingerprint density at radius 3 is 2.09 bits per heavy atom. The fourth-order valence-corrected chi connectivity index (χ4v) is 2.39. The summed E-state index contributed by atoms with van der Waals surface area (Å²) in [6.07, 6.45) is 8.43. The first kappa shape index (κ1) is 9.38. The Hall–Kier alpha value is 0.290. The molecule has 1 fully saturated rings. The molecule has 1 aliphatic rings. The van der Waals surface area contributed by atoms with Crippen molar-refractivity contribution in [1.29, 1.82) is 0 Å². The third kappa shape index (κ3) is 3.02. The minimum atomic E-state index is 0.838. The third-order valence-corrected chi connectivity index (χ3v) is 3.32. The molecule has 0 aromatic heterocycles. The summed E-state index contributed by atoms with van der Waals surface area (Å²) in [6.45, 7) is 2.29. The second kappa shape index (κ2) is 5.03. The predicted octanol–water partition coefficient (Wildman–Crippen LogP) is 3.83. The van der Waals surface area contributed by atoms with Gasteiger partial charge in [0.05, 0.1) is 0 Å². The number of rotatable bonds is 3. The van der Waals surface area contributed by atoms with Crippen LogP contribution in [0.15, 0.2) is 0 Å². The van der Waals surface area contributed by atoms with Crippen molar-refractivity contribution >= 4 is 11.6 Å². The van der Waals surface area contributed by atoms with Crippen LogP contribution in [0.1, 0.15) is 45.4 Å². The molecule has 0 atom stereocenters. The highest BCUT2D eigenvalue weighted by atomic mass is 35.5. The van der Waals surface area contributed by atoms with Gasteiger partial charge in [-0.25, -0.2) is 0 Å². The van der Waals surface area contributed by atoms with Crippen molar-refractivity contribution in [1.82, 2.24) is 0 Å². The van der Waals surface area contributed by atoms with Gasteiger partial charge in [-0.15, -0.1) is 11.6 Å². The van der Waals surface area contributed by atoms with Gasteiger partial charge in [0.25, 0.3) is 0 Å². The van der Waals surface area contributed by atoms with Crippen LogP contribution in [0.2, 0.25) is 0 Å². The normalized spacial score (nSPS) is 32.2. The molecule has 1 heteroatoms. The molecule has 66 valence electrons. The van der Waals surface area contributed by atoms with Crippen molar-refractivity contribution in [3.8, 4) is 0 Å². The molecule has 0 amide bonds. The van der Waals surface area contributed by atoms with Crippen molar-refractivity contribution in [3.05, 3.63) is 0 Å². The molecule has 0 aromatic carbocycles. The molecule has 0 aromatic rings. The lowest BCUT2D eigenvalue weighted by atomic mass is 9.81. The van der Waals surface area contributed by atoms with Gasteiger partial charge in [0.15, 0.2) is 0 Å². The summed E-state index contributed by atoms with van der Waals surface area (Å²) < 4.78 is 0. The molecule has 0 bridgehead atoms. The summed E-state index contributed by atoms with van der Waals surface area (Å²) >= 11 is 5.81. The molecule has 0 nitrogen and oxygen atoms in total. The molecular formula is C10H19Cl. The Morgan fingerprint density at radius 2 is 1.64 bits per heavy atom. The fourth-order valence-electron chi connectivity index (χ4n) is 2.08. The van der Waals surface area contributed by atoms with Crippen LogP contribution >= 0.6 is 11.6 Å². The average Bonchev–Trinajstić information content (AvgIpc) is 2.07. The second-order valence-electron chi connectivity index (χ2n) is 3.83. The first-order valence-electron chi connectivity index (χ1n) is 4.92. The highest BCUT2D eigenvalue weighted by Gasteiger charge is 2.19. The summed E-state index contributed by atoms with van der Waals surface area (Å²) in [4.78, 5) is 0. The molecule has 1 saturated carbocycles. The minimum Gasteiger partial charge on any atom is -0.126 e. The first-order valence-corrected chi connectivity index (χ1v) is 5.46. The van der Waals surface area contributed by atoms with Crippen LogP contribution in [0.5, 0.6) is 0 Å². The van der Waals surface area contributed by atoms with E-state index in [1.165, 1.54) is 38.5 Å². The molecule has 0 unspecified atom stereocenters. The SMILES string of the molecule is CCCC1CCC(CCl)CC1. The van der Waals surface area contributed by atoms with E-state index >= 15 is 0 Å². The van der Waals surface area contributed by atoms with Crippen molar-refractivity contribution in [2.45, 2.75) is 45.4 Å². The van der Waals surface area contributed by atoms with Crippen molar-refractivity contribution in [2.75, 3.05) is 5.88 Å². The highest BCUT2D eigenvalue weighted by Crippen LogP contribution is 2.31. The highest BCUT2D eigenvalue weighted by molar-refractivity contribution is 6.18. The van der Waals surface area contributed by atoms with E-state index in [1.54, 1.807) is 0 Å². The van der Waals surface area contributed by atoms with Crippen LogP contribution < -0.4 is 0 Å². The maximum absolute atomic E-state index is 5.81. The number of hydrogen-bond acceptors (Lipinski definition) is 0. The summed E-state index contributed by atoms with van der Waals surface area (Å²) in [5, 5.41) is 0. The quantitative estimate of drug-likeness (QED) is 0.571. The number of halogens is 1. The average molecular weight is 175 g/mol. The van der Waals surface area contributed by atoms with Gasteiger partial charge in [-0.3, -0.25) is 0 Å². The Morgan fingerprint density at radius 1 is 1.09 bits per heavy atom. The molecule has 0 heterocycles. The van der Waals surface area contributed by atoms with E-state index in [-0.39, 0.29) is 0 Å². The third-order valence-electron chi connectivity index (χ3n) is 2.88. The number of alkyl halides is 1. The molecule has 1 rings (SSSR count). The zero-order valence-electron chi connectivity index (χ0n) is 7.48. The van der Waals surface area contributed by atoms with Gasteiger partial charge in [0.2, 0.25) is 0 Å². The summed E-state index contributed by atoms with van der Waals surface area (Å²) in [5.41, 5.74) is 0. The van der Waals surface area contributed by atoms with Crippen LogP contribution in [0.25, 0.3) is 0 Å². The smallest absolute Gasteiger partial charge is 0.0251 e. The summed E-state index contributed by atoms with van der Waals surface area (Å²) in [7, 11) is 0. The molecule has 0 saturated heterocycles. The van der Waals surface area contributed by atoms with Gasteiger partial charge in [0.1, 0.15) is 0 Å². The van der Waals surface area contributed by atoms with Crippen molar-refractivity contribution in [2.24, 2.45) is 11.8 Å². The van der Waals surface area contributed by atoms with Crippen LogP contribution in [0.4, 0.5) is 0 Å². The Kier molecular flexibility index (Phi) is 4.29. The fraction of sp³-hybridized carbons (Fsp3) is 1.00. The Bertz CT molecular complexity index is 93.0. The van der Waals surface area contributed by atoms with E-state index in [0.717, 1.165) is 17.7 Å². The standard InChI is InChI=1S/C10H19Cl/c1-2-3-9-4-6-10(8-11)7-5-9/h9-10H,2-8H2,1H3. The second-order valence-corrected chi connectivity index (χ2v) is 4.14. The van der Waals surface area contributed by atoms with E-state index in [1.807, 2.05) is 0 Å². The van der Waals surface area contributed by atoms with Gasteiger partial charge < -0.3 is 0 Å². The van der Waals surface area contributed by atoms with Gasteiger partial charge >= 0.3 is 0 Å². The molecule has 1 aliphatic carbocycles. The topological polar surface area (TPSA) is 0 Å². The molecule has 0 aliphatic heterocycles. The predicted molar refractivity (Wildman–Crippen MR) is 51.1 cm³/mol. The van der Waals surface area contributed by atoms with E-state index in [0.29, 0.717) is 0 Å².